The van der Waals surface area contributed by atoms with Crippen LogP contribution in [0.1, 0.15) is 51.1 Å². The molecule has 0 fully saturated rings. The highest BCUT2D eigenvalue weighted by atomic mass is 79.9. The first-order chi connectivity index (χ1) is 20.8. The molecule has 1 aliphatic heterocycles. The van der Waals surface area contributed by atoms with Gasteiger partial charge in [-0.05, 0) is 48.9 Å². The van der Waals surface area contributed by atoms with Gasteiger partial charge in [-0.2, -0.15) is 0 Å². The lowest BCUT2D eigenvalue weighted by atomic mass is 10.1. The first kappa shape index (κ1) is 31.6. The lowest BCUT2D eigenvalue weighted by Gasteiger charge is -2.20. The Morgan fingerprint density at radius 3 is 1.60 bits per heavy atom. The minimum absolute atomic E-state index is 0.240. The molecule has 0 saturated heterocycles. The summed E-state index contributed by atoms with van der Waals surface area (Å²) in [5.41, 5.74) is 2.88. The van der Waals surface area contributed by atoms with Gasteiger partial charge in [0.25, 0.3) is 23.6 Å². The number of alkyl halides is 1. The monoisotopic (exact) mass is 646 g/mol. The molecule has 0 aliphatic carbocycles. The molecule has 1 aliphatic rings. The fraction of sp³-hybridized carbons (Fsp3) is 0.303. The van der Waals surface area contributed by atoms with E-state index < -0.39 is 28.6 Å². The number of fused-ring (bicyclic) bond motifs is 1. The normalized spacial score (nSPS) is 13.0. The number of imide groups is 1. The minimum atomic E-state index is -1.41. The van der Waals surface area contributed by atoms with E-state index in [1.807, 2.05) is 60.7 Å². The lowest BCUT2D eigenvalue weighted by Crippen LogP contribution is -2.56. The van der Waals surface area contributed by atoms with Crippen LogP contribution >= 0.6 is 15.9 Å². The number of hydrogen-bond donors (Lipinski definition) is 3. The van der Waals surface area contributed by atoms with Gasteiger partial charge in [0.05, 0.1) is 16.0 Å². The molecule has 3 aromatic carbocycles. The lowest BCUT2D eigenvalue weighted by molar-refractivity contribution is -0.136. The van der Waals surface area contributed by atoms with E-state index in [2.05, 4.69) is 31.9 Å². The molecule has 0 saturated carbocycles. The zero-order valence-corrected chi connectivity index (χ0v) is 25.3. The van der Waals surface area contributed by atoms with Gasteiger partial charge in [-0.25, -0.2) is 0 Å². The highest BCUT2D eigenvalue weighted by Crippen LogP contribution is 2.23. The molecule has 3 aromatic rings. The van der Waals surface area contributed by atoms with E-state index in [4.69, 9.17) is 0 Å². The van der Waals surface area contributed by atoms with Crippen LogP contribution in [0.5, 0.6) is 0 Å². The van der Waals surface area contributed by atoms with E-state index in [0.717, 1.165) is 11.1 Å². The molecular weight excluding hydrogens is 612 g/mol. The van der Waals surface area contributed by atoms with Crippen molar-refractivity contribution in [1.29, 1.82) is 0 Å². The fourth-order valence-electron chi connectivity index (χ4n) is 4.80. The van der Waals surface area contributed by atoms with Crippen molar-refractivity contribution in [3.63, 3.8) is 0 Å². The number of halogens is 1. The molecule has 0 spiro atoms. The van der Waals surface area contributed by atoms with Crippen LogP contribution in [0.3, 0.4) is 0 Å². The van der Waals surface area contributed by atoms with Gasteiger partial charge in [0.2, 0.25) is 5.91 Å². The third-order valence-electron chi connectivity index (χ3n) is 7.17. The largest absolute Gasteiger partial charge is 0.354 e. The highest BCUT2D eigenvalue weighted by Gasteiger charge is 2.35. The maximum atomic E-state index is 13.1. The van der Waals surface area contributed by atoms with Gasteiger partial charge < -0.3 is 16.0 Å². The summed E-state index contributed by atoms with van der Waals surface area (Å²) in [6.45, 7) is 0.855. The van der Waals surface area contributed by atoms with Gasteiger partial charge in [0.15, 0.2) is 6.04 Å². The average Bonchev–Trinajstić information content (AvgIpc) is 3.27. The molecular formula is C33H35BrN4O5. The summed E-state index contributed by atoms with van der Waals surface area (Å²) < 4.78 is 0. The first-order valence-corrected chi connectivity index (χ1v) is 15.3. The maximum Gasteiger partial charge on any atom is 0.261 e. The molecule has 0 aromatic heterocycles. The van der Waals surface area contributed by atoms with Crippen molar-refractivity contribution >= 4 is 45.5 Å². The maximum absolute atomic E-state index is 13.1. The summed E-state index contributed by atoms with van der Waals surface area (Å²) in [4.78, 5) is 64.8. The van der Waals surface area contributed by atoms with E-state index >= 15 is 0 Å². The molecule has 224 valence electrons. The van der Waals surface area contributed by atoms with Crippen molar-refractivity contribution in [2.45, 2.75) is 43.0 Å². The van der Waals surface area contributed by atoms with Crippen LogP contribution < -0.4 is 16.0 Å². The summed E-state index contributed by atoms with van der Waals surface area (Å²) in [5.74, 6) is -2.30. The van der Waals surface area contributed by atoms with Crippen molar-refractivity contribution in [2.24, 2.45) is 0 Å². The second kappa shape index (κ2) is 15.8. The molecule has 0 bridgehead atoms. The third kappa shape index (κ3) is 8.84. The van der Waals surface area contributed by atoms with Crippen LogP contribution in [0.2, 0.25) is 0 Å². The standard InChI is InChI=1S/C33H35BrN4O5/c34-27(17-9-10-22-38-32(42)25-15-7-8-16-26(25)33(38)43)29(39)37-28(30(40)35-20-18-23-11-3-1-4-12-23)31(41)36-21-19-24-13-5-2-6-14-24/h1-8,11-16,27-28H,9-10,17-22H2,(H,35,40)(H,36,41)(H,37,39). The second-order valence-electron chi connectivity index (χ2n) is 10.3. The molecule has 1 heterocycles. The van der Waals surface area contributed by atoms with Crippen molar-refractivity contribution in [1.82, 2.24) is 20.9 Å². The number of hydrogen-bond acceptors (Lipinski definition) is 5. The number of carbonyl (C=O) groups is 5. The molecule has 1 atom stereocenters. The zero-order valence-electron chi connectivity index (χ0n) is 23.8. The van der Waals surface area contributed by atoms with E-state index in [0.29, 0.717) is 56.3 Å². The first-order valence-electron chi connectivity index (χ1n) is 14.4. The Kier molecular flexibility index (Phi) is 11.6. The van der Waals surface area contributed by atoms with Crippen LogP contribution in [-0.2, 0) is 27.2 Å². The van der Waals surface area contributed by atoms with E-state index in [1.165, 1.54) is 4.90 Å². The molecule has 0 radical (unpaired) electrons. The summed E-state index contributed by atoms with van der Waals surface area (Å²) in [5, 5.41) is 8.12. The summed E-state index contributed by atoms with van der Waals surface area (Å²) >= 11 is 3.37. The van der Waals surface area contributed by atoms with Crippen LogP contribution in [0.15, 0.2) is 84.9 Å². The number of rotatable bonds is 15. The van der Waals surface area contributed by atoms with Crippen LogP contribution in [0.25, 0.3) is 0 Å². The molecule has 10 heteroatoms. The zero-order chi connectivity index (χ0) is 30.6. The predicted molar refractivity (Wildman–Crippen MR) is 167 cm³/mol. The second-order valence-corrected chi connectivity index (χ2v) is 11.4. The number of amides is 5. The van der Waals surface area contributed by atoms with Gasteiger partial charge >= 0.3 is 0 Å². The molecule has 43 heavy (non-hydrogen) atoms. The smallest absolute Gasteiger partial charge is 0.261 e. The van der Waals surface area contributed by atoms with Gasteiger partial charge in [0, 0.05) is 19.6 Å². The Hall–Kier alpha value is -4.31. The highest BCUT2D eigenvalue weighted by molar-refractivity contribution is 9.10. The van der Waals surface area contributed by atoms with Crippen molar-refractivity contribution < 1.29 is 24.0 Å². The summed E-state index contributed by atoms with van der Waals surface area (Å²) in [7, 11) is 0. The molecule has 5 amide bonds. The number of nitrogens with one attached hydrogen (secondary N) is 3. The number of carbonyl (C=O) groups excluding carboxylic acids is 5. The van der Waals surface area contributed by atoms with Crippen LogP contribution in [-0.4, -0.2) is 64.9 Å². The van der Waals surface area contributed by atoms with Gasteiger partial charge in [-0.3, -0.25) is 28.9 Å². The average molecular weight is 648 g/mol. The number of nitrogens with zero attached hydrogens (tertiary/aromatic N) is 1. The number of unbranched alkanes of at least 4 members (excludes halogenated alkanes) is 1. The van der Waals surface area contributed by atoms with Crippen molar-refractivity contribution in [3.05, 3.63) is 107 Å². The Labute approximate surface area is 259 Å². The van der Waals surface area contributed by atoms with E-state index in [-0.39, 0.29) is 18.4 Å². The fourth-order valence-corrected chi connectivity index (χ4v) is 5.26. The topological polar surface area (TPSA) is 125 Å². The summed E-state index contributed by atoms with van der Waals surface area (Å²) in [6, 6.07) is 24.6. The third-order valence-corrected chi connectivity index (χ3v) is 8.05. The molecule has 1 unspecified atom stereocenters. The molecule has 3 N–H and O–H groups in total. The van der Waals surface area contributed by atoms with E-state index in [9.17, 15) is 24.0 Å². The quantitative estimate of drug-likeness (QED) is 0.101. The van der Waals surface area contributed by atoms with Crippen molar-refractivity contribution in [3.8, 4) is 0 Å². The summed E-state index contributed by atoms with van der Waals surface area (Å²) in [6.07, 6.45) is 2.58. The minimum Gasteiger partial charge on any atom is -0.354 e. The predicted octanol–water partition coefficient (Wildman–Crippen LogP) is 3.42. The molecule has 9 nitrogen and oxygen atoms in total. The van der Waals surface area contributed by atoms with Gasteiger partial charge in [0.1, 0.15) is 0 Å². The van der Waals surface area contributed by atoms with Crippen LogP contribution in [0, 0.1) is 0 Å². The van der Waals surface area contributed by atoms with Gasteiger partial charge in [-0.15, -0.1) is 0 Å². The Bertz CT molecular complexity index is 1340. The SMILES string of the molecule is O=C(NC(C(=O)NCCc1ccccc1)C(=O)NCCc1ccccc1)C(Br)CCCCN1C(=O)c2ccccc2C1=O. The van der Waals surface area contributed by atoms with Gasteiger partial charge in [-0.1, -0.05) is 95.1 Å². The molecule has 4 rings (SSSR count). The Morgan fingerprint density at radius 2 is 1.12 bits per heavy atom. The van der Waals surface area contributed by atoms with E-state index in [1.54, 1.807) is 24.3 Å². The Morgan fingerprint density at radius 1 is 0.651 bits per heavy atom. The Balaban J connectivity index is 1.27. The van der Waals surface area contributed by atoms with Crippen molar-refractivity contribution in [2.75, 3.05) is 19.6 Å². The number of benzene rings is 3. The van der Waals surface area contributed by atoms with Crippen LogP contribution in [0.4, 0.5) is 0 Å².